The highest BCUT2D eigenvalue weighted by Crippen LogP contribution is 2.12. The van der Waals surface area contributed by atoms with Crippen LogP contribution in [0.15, 0.2) is 5.10 Å². The fraction of sp³-hybridized carbons (Fsp3) is 0.909. The molecule has 0 spiro atoms. The van der Waals surface area contributed by atoms with Crippen LogP contribution in [-0.4, -0.2) is 35.8 Å². The van der Waals surface area contributed by atoms with Gasteiger partial charge in [0.25, 0.3) is 0 Å². The van der Waals surface area contributed by atoms with Crippen molar-refractivity contribution in [3.63, 3.8) is 0 Å². The molecule has 1 aliphatic rings. The molecule has 0 aromatic heterocycles. The van der Waals surface area contributed by atoms with Crippen LogP contribution in [0, 0.1) is 0 Å². The van der Waals surface area contributed by atoms with E-state index in [1.165, 1.54) is 25.9 Å². The second kappa shape index (κ2) is 5.35. The summed E-state index contributed by atoms with van der Waals surface area (Å²) in [6.07, 6.45) is 2.43. The van der Waals surface area contributed by atoms with Crippen LogP contribution < -0.4 is 5.43 Å². The van der Waals surface area contributed by atoms with Crippen molar-refractivity contribution in [3.05, 3.63) is 0 Å². The molecule has 0 atom stereocenters. The highest BCUT2D eigenvalue weighted by molar-refractivity contribution is 5.78. The van der Waals surface area contributed by atoms with E-state index < -0.39 is 0 Å². The molecule has 1 saturated heterocycles. The summed E-state index contributed by atoms with van der Waals surface area (Å²) >= 11 is 0. The Balaban J connectivity index is 2.25. The van der Waals surface area contributed by atoms with E-state index in [9.17, 15) is 0 Å². The summed E-state index contributed by atoms with van der Waals surface area (Å²) in [6.45, 7) is 11.0. The summed E-state index contributed by atoms with van der Waals surface area (Å²) in [5, 5.41) is 4.27. The summed E-state index contributed by atoms with van der Waals surface area (Å²) in [5.41, 5.74) is 4.35. The first-order valence-electron chi connectivity index (χ1n) is 5.60. The first-order chi connectivity index (χ1) is 6.59. The van der Waals surface area contributed by atoms with Gasteiger partial charge in [0.2, 0.25) is 0 Å². The molecule has 0 aromatic carbocycles. The molecule has 1 fully saturated rings. The van der Waals surface area contributed by atoms with Crippen molar-refractivity contribution >= 4 is 5.71 Å². The zero-order valence-corrected chi connectivity index (χ0v) is 9.88. The van der Waals surface area contributed by atoms with Crippen LogP contribution in [0.5, 0.6) is 0 Å². The Labute approximate surface area is 87.6 Å². The molecule has 3 heteroatoms. The molecular formula is C11H23N3. The van der Waals surface area contributed by atoms with E-state index in [-0.39, 0.29) is 0 Å². The molecule has 0 amide bonds. The summed E-state index contributed by atoms with van der Waals surface area (Å²) in [5.74, 6) is 0. The molecule has 1 heterocycles. The van der Waals surface area contributed by atoms with Crippen molar-refractivity contribution in [1.82, 2.24) is 10.3 Å². The van der Waals surface area contributed by atoms with Crippen LogP contribution in [0.3, 0.4) is 0 Å². The predicted molar refractivity (Wildman–Crippen MR) is 61.6 cm³/mol. The Morgan fingerprint density at radius 3 is 2.29 bits per heavy atom. The third-order valence-corrected chi connectivity index (χ3v) is 2.73. The Hall–Kier alpha value is -0.570. The minimum absolute atomic E-state index is 0.583. The molecule has 14 heavy (non-hydrogen) atoms. The average Bonchev–Trinajstić information content (AvgIpc) is 2.15. The second-order valence-corrected chi connectivity index (χ2v) is 4.59. The van der Waals surface area contributed by atoms with E-state index in [1.54, 1.807) is 0 Å². The lowest BCUT2D eigenvalue weighted by Crippen LogP contribution is -2.43. The van der Waals surface area contributed by atoms with Crippen LogP contribution in [0.2, 0.25) is 0 Å². The van der Waals surface area contributed by atoms with Gasteiger partial charge in [-0.25, -0.2) is 0 Å². The topological polar surface area (TPSA) is 27.6 Å². The number of hydrogen-bond acceptors (Lipinski definition) is 3. The van der Waals surface area contributed by atoms with Crippen LogP contribution in [0.1, 0.15) is 40.5 Å². The highest BCUT2D eigenvalue weighted by Gasteiger charge is 2.19. The number of piperidine rings is 1. The van der Waals surface area contributed by atoms with Crippen LogP contribution in [-0.2, 0) is 0 Å². The van der Waals surface area contributed by atoms with Gasteiger partial charge in [0.1, 0.15) is 0 Å². The van der Waals surface area contributed by atoms with Crippen molar-refractivity contribution in [1.29, 1.82) is 0 Å². The number of hydrazone groups is 1. The van der Waals surface area contributed by atoms with Gasteiger partial charge >= 0.3 is 0 Å². The minimum Gasteiger partial charge on any atom is -0.307 e. The summed E-state index contributed by atoms with van der Waals surface area (Å²) in [4.78, 5) is 2.53. The Bertz CT molecular complexity index is 187. The first kappa shape index (κ1) is 11.5. The van der Waals surface area contributed by atoms with Crippen LogP contribution in [0.4, 0.5) is 0 Å². The molecule has 1 N–H and O–H groups in total. The van der Waals surface area contributed by atoms with Crippen molar-refractivity contribution in [2.75, 3.05) is 13.1 Å². The van der Waals surface area contributed by atoms with Crippen LogP contribution in [0.25, 0.3) is 0 Å². The van der Waals surface area contributed by atoms with E-state index in [0.29, 0.717) is 12.1 Å². The van der Waals surface area contributed by atoms with Crippen molar-refractivity contribution in [2.24, 2.45) is 5.10 Å². The van der Waals surface area contributed by atoms with Crippen molar-refractivity contribution < 1.29 is 0 Å². The van der Waals surface area contributed by atoms with Gasteiger partial charge in [-0.1, -0.05) is 0 Å². The minimum atomic E-state index is 0.583. The summed E-state index contributed by atoms with van der Waals surface area (Å²) in [7, 11) is 0. The van der Waals surface area contributed by atoms with Crippen molar-refractivity contribution in [3.8, 4) is 0 Å². The molecule has 82 valence electrons. The molecule has 1 rings (SSSR count). The quantitative estimate of drug-likeness (QED) is 0.552. The lowest BCUT2D eigenvalue weighted by Gasteiger charge is -2.34. The standard InChI is InChI=1S/C11H23N3/c1-9(2)12-13-11-5-7-14(8-6-11)10(3)4/h10-11,13H,5-8H2,1-4H3. The smallest absolute Gasteiger partial charge is 0.0464 e. The predicted octanol–water partition coefficient (Wildman–Crippen LogP) is 1.84. The molecule has 3 nitrogen and oxygen atoms in total. The fourth-order valence-corrected chi connectivity index (χ4v) is 1.77. The van der Waals surface area contributed by atoms with E-state index in [1.807, 2.05) is 13.8 Å². The van der Waals surface area contributed by atoms with Gasteiger partial charge in [-0.15, -0.1) is 0 Å². The Morgan fingerprint density at radius 2 is 1.86 bits per heavy atom. The SMILES string of the molecule is CC(C)=NNC1CCN(C(C)C)CC1. The van der Waals surface area contributed by atoms with Gasteiger partial charge in [-0.05, 0) is 40.5 Å². The summed E-state index contributed by atoms with van der Waals surface area (Å²) in [6, 6.07) is 1.27. The fourth-order valence-electron chi connectivity index (χ4n) is 1.77. The van der Waals surface area contributed by atoms with Gasteiger partial charge in [0, 0.05) is 30.9 Å². The third kappa shape index (κ3) is 3.66. The normalized spacial score (nSPS) is 19.8. The molecule has 0 saturated carbocycles. The van der Waals surface area contributed by atoms with Crippen LogP contribution >= 0.6 is 0 Å². The van der Waals surface area contributed by atoms with Gasteiger partial charge < -0.3 is 10.3 Å². The number of hydrogen-bond donors (Lipinski definition) is 1. The zero-order chi connectivity index (χ0) is 10.6. The van der Waals surface area contributed by atoms with Gasteiger partial charge in [-0.2, -0.15) is 5.10 Å². The molecule has 0 radical (unpaired) electrons. The highest BCUT2D eigenvalue weighted by atomic mass is 15.3. The molecule has 0 aromatic rings. The molecule has 0 unspecified atom stereocenters. The monoisotopic (exact) mass is 197 g/mol. The summed E-state index contributed by atoms with van der Waals surface area (Å²) < 4.78 is 0. The Morgan fingerprint density at radius 1 is 1.29 bits per heavy atom. The molecule has 0 aliphatic carbocycles. The van der Waals surface area contributed by atoms with E-state index >= 15 is 0 Å². The lowest BCUT2D eigenvalue weighted by atomic mass is 10.0. The molecule has 0 bridgehead atoms. The maximum Gasteiger partial charge on any atom is 0.0464 e. The van der Waals surface area contributed by atoms with Gasteiger partial charge in [0.05, 0.1) is 0 Å². The number of rotatable bonds is 3. The first-order valence-corrected chi connectivity index (χ1v) is 5.60. The Kier molecular flexibility index (Phi) is 4.39. The average molecular weight is 197 g/mol. The van der Waals surface area contributed by atoms with E-state index in [4.69, 9.17) is 0 Å². The molecule has 1 aliphatic heterocycles. The maximum atomic E-state index is 4.27. The maximum absolute atomic E-state index is 4.27. The number of nitrogens with zero attached hydrogens (tertiary/aromatic N) is 2. The van der Waals surface area contributed by atoms with Crippen molar-refractivity contribution in [2.45, 2.75) is 52.6 Å². The molecular weight excluding hydrogens is 174 g/mol. The second-order valence-electron chi connectivity index (χ2n) is 4.59. The zero-order valence-electron chi connectivity index (χ0n) is 9.88. The lowest BCUT2D eigenvalue weighted by molar-refractivity contribution is 0.162. The third-order valence-electron chi connectivity index (χ3n) is 2.73. The number of likely N-dealkylation sites (tertiary alicyclic amines) is 1. The van der Waals surface area contributed by atoms with E-state index in [0.717, 1.165) is 5.71 Å². The van der Waals surface area contributed by atoms with Gasteiger partial charge in [-0.3, -0.25) is 0 Å². The number of nitrogens with one attached hydrogen (secondary N) is 1. The van der Waals surface area contributed by atoms with Gasteiger partial charge in [0.15, 0.2) is 0 Å². The van der Waals surface area contributed by atoms with E-state index in [2.05, 4.69) is 29.3 Å². The largest absolute Gasteiger partial charge is 0.307 e.